The van der Waals surface area contributed by atoms with Crippen molar-refractivity contribution >= 4 is 6.16 Å². The van der Waals surface area contributed by atoms with Gasteiger partial charge in [-0.2, -0.15) is 0 Å². The molecule has 0 spiro atoms. The van der Waals surface area contributed by atoms with E-state index in [0.29, 0.717) is 11.5 Å². The van der Waals surface area contributed by atoms with Crippen LogP contribution in [-0.4, -0.2) is 6.16 Å². The molecule has 3 nitrogen and oxygen atoms in total. The number of benzene rings is 2. The summed E-state index contributed by atoms with van der Waals surface area (Å²) in [5, 5.41) is 0. The van der Waals surface area contributed by atoms with Crippen LogP contribution >= 0.6 is 0 Å². The van der Waals surface area contributed by atoms with Gasteiger partial charge in [0.15, 0.2) is 0 Å². The third-order valence-electron chi connectivity index (χ3n) is 4.75. The van der Waals surface area contributed by atoms with E-state index in [1.807, 2.05) is 38.1 Å². The SMILES string of the molecule is CCCCc1cccc(OC(=O)Oc2cccc(C)c2C)c1CCCC. The summed E-state index contributed by atoms with van der Waals surface area (Å²) < 4.78 is 11.1. The number of unbranched alkanes of at least 4 members (excludes halogenated alkanes) is 2. The Morgan fingerprint density at radius 3 is 2.19 bits per heavy atom. The molecule has 2 aromatic carbocycles. The van der Waals surface area contributed by atoms with Gasteiger partial charge in [0.25, 0.3) is 0 Å². The number of aryl methyl sites for hydroxylation is 2. The minimum Gasteiger partial charge on any atom is -0.394 e. The highest BCUT2D eigenvalue weighted by Crippen LogP contribution is 2.27. The first kappa shape index (κ1) is 20.0. The molecule has 0 bridgehead atoms. The van der Waals surface area contributed by atoms with Crippen molar-refractivity contribution in [3.63, 3.8) is 0 Å². The standard InChI is InChI=1S/C23H30O3/c1-5-7-12-19-13-10-16-22(20(19)14-8-6-2)26-23(24)25-21-15-9-11-17(3)18(21)4/h9-11,13,15-16H,5-8,12,14H2,1-4H3. The topological polar surface area (TPSA) is 35.5 Å². The molecule has 0 amide bonds. The Bertz CT molecular complexity index is 734. The Morgan fingerprint density at radius 2 is 1.46 bits per heavy atom. The second kappa shape index (κ2) is 10.0. The Balaban J connectivity index is 2.18. The van der Waals surface area contributed by atoms with E-state index in [2.05, 4.69) is 19.9 Å². The van der Waals surface area contributed by atoms with Crippen molar-refractivity contribution in [2.24, 2.45) is 0 Å². The van der Waals surface area contributed by atoms with Crippen LogP contribution < -0.4 is 9.47 Å². The molecule has 0 fully saturated rings. The Labute approximate surface area is 157 Å². The molecule has 0 saturated heterocycles. The van der Waals surface area contributed by atoms with Crippen molar-refractivity contribution in [1.29, 1.82) is 0 Å². The highest BCUT2D eigenvalue weighted by Gasteiger charge is 2.15. The summed E-state index contributed by atoms with van der Waals surface area (Å²) in [6.07, 6.45) is 5.72. The lowest BCUT2D eigenvalue weighted by atomic mass is 9.97. The molecule has 140 valence electrons. The number of ether oxygens (including phenoxy) is 2. The van der Waals surface area contributed by atoms with E-state index in [9.17, 15) is 4.79 Å². The summed E-state index contributed by atoms with van der Waals surface area (Å²) in [6, 6.07) is 11.6. The van der Waals surface area contributed by atoms with Crippen LogP contribution in [0.3, 0.4) is 0 Å². The smallest absolute Gasteiger partial charge is 0.394 e. The van der Waals surface area contributed by atoms with Crippen LogP contribution in [0, 0.1) is 13.8 Å². The molecule has 0 heterocycles. The molecule has 0 aliphatic carbocycles. The van der Waals surface area contributed by atoms with Gasteiger partial charge in [0.05, 0.1) is 0 Å². The van der Waals surface area contributed by atoms with Gasteiger partial charge < -0.3 is 9.47 Å². The zero-order chi connectivity index (χ0) is 18.9. The molecule has 0 aliphatic heterocycles. The Hall–Kier alpha value is -2.29. The van der Waals surface area contributed by atoms with Gasteiger partial charge in [-0.15, -0.1) is 0 Å². The maximum atomic E-state index is 12.4. The fourth-order valence-corrected chi connectivity index (χ4v) is 2.98. The third-order valence-corrected chi connectivity index (χ3v) is 4.75. The predicted octanol–water partition coefficient (Wildman–Crippen LogP) is 6.57. The van der Waals surface area contributed by atoms with Crippen LogP contribution in [0.1, 0.15) is 61.8 Å². The van der Waals surface area contributed by atoms with Gasteiger partial charge in [-0.05, 0) is 73.9 Å². The first-order valence-corrected chi connectivity index (χ1v) is 9.63. The predicted molar refractivity (Wildman–Crippen MR) is 106 cm³/mol. The van der Waals surface area contributed by atoms with Gasteiger partial charge in [0.1, 0.15) is 11.5 Å². The van der Waals surface area contributed by atoms with Crippen LogP contribution in [0.4, 0.5) is 4.79 Å². The number of hydrogen-bond acceptors (Lipinski definition) is 3. The molecule has 0 aliphatic rings. The molecule has 0 saturated carbocycles. The summed E-state index contributed by atoms with van der Waals surface area (Å²) in [5.41, 5.74) is 4.45. The lowest BCUT2D eigenvalue weighted by molar-refractivity contribution is 0.151. The minimum absolute atomic E-state index is 0.548. The number of carbonyl (C=O) groups is 1. The fraction of sp³-hybridized carbons (Fsp3) is 0.435. The van der Waals surface area contributed by atoms with Crippen molar-refractivity contribution in [3.05, 3.63) is 58.7 Å². The van der Waals surface area contributed by atoms with Crippen molar-refractivity contribution in [2.75, 3.05) is 0 Å². The van der Waals surface area contributed by atoms with Crippen molar-refractivity contribution in [1.82, 2.24) is 0 Å². The van der Waals surface area contributed by atoms with Crippen LogP contribution in [0.5, 0.6) is 11.5 Å². The van der Waals surface area contributed by atoms with Gasteiger partial charge in [0, 0.05) is 0 Å². The maximum Gasteiger partial charge on any atom is 0.519 e. The zero-order valence-electron chi connectivity index (χ0n) is 16.4. The Morgan fingerprint density at radius 1 is 0.846 bits per heavy atom. The molecule has 0 aromatic heterocycles. The number of hydrogen-bond donors (Lipinski definition) is 0. The fourth-order valence-electron chi connectivity index (χ4n) is 2.98. The molecule has 0 radical (unpaired) electrons. The van der Waals surface area contributed by atoms with E-state index in [-0.39, 0.29) is 0 Å². The summed E-state index contributed by atoms with van der Waals surface area (Å²) in [4.78, 5) is 12.4. The molecule has 0 unspecified atom stereocenters. The molecule has 0 N–H and O–H groups in total. The number of rotatable bonds is 8. The number of carbonyl (C=O) groups excluding carboxylic acids is 1. The second-order valence-electron chi connectivity index (χ2n) is 6.75. The van der Waals surface area contributed by atoms with Crippen molar-refractivity contribution < 1.29 is 14.3 Å². The van der Waals surface area contributed by atoms with Crippen molar-refractivity contribution in [2.45, 2.75) is 66.2 Å². The van der Waals surface area contributed by atoms with Crippen LogP contribution in [0.25, 0.3) is 0 Å². The van der Waals surface area contributed by atoms with E-state index in [1.165, 1.54) is 5.56 Å². The van der Waals surface area contributed by atoms with E-state index in [4.69, 9.17) is 9.47 Å². The van der Waals surface area contributed by atoms with E-state index < -0.39 is 6.16 Å². The largest absolute Gasteiger partial charge is 0.519 e. The van der Waals surface area contributed by atoms with E-state index in [0.717, 1.165) is 55.2 Å². The van der Waals surface area contributed by atoms with Crippen molar-refractivity contribution in [3.8, 4) is 11.5 Å². The summed E-state index contributed by atoms with van der Waals surface area (Å²) in [5.74, 6) is 1.18. The first-order chi connectivity index (χ1) is 12.6. The zero-order valence-corrected chi connectivity index (χ0v) is 16.4. The van der Waals surface area contributed by atoms with Gasteiger partial charge in [0.2, 0.25) is 0 Å². The highest BCUT2D eigenvalue weighted by atomic mass is 16.7. The van der Waals surface area contributed by atoms with Crippen LogP contribution in [-0.2, 0) is 12.8 Å². The van der Waals surface area contributed by atoms with Gasteiger partial charge >= 0.3 is 6.16 Å². The normalized spacial score (nSPS) is 10.6. The maximum absolute atomic E-state index is 12.4. The average molecular weight is 354 g/mol. The molecule has 0 atom stereocenters. The average Bonchev–Trinajstić information content (AvgIpc) is 2.63. The Kier molecular flexibility index (Phi) is 7.71. The van der Waals surface area contributed by atoms with E-state index in [1.54, 1.807) is 6.07 Å². The lowest BCUT2D eigenvalue weighted by Gasteiger charge is -2.15. The molecular formula is C23H30O3. The van der Waals surface area contributed by atoms with Crippen LogP contribution in [0.2, 0.25) is 0 Å². The van der Waals surface area contributed by atoms with Gasteiger partial charge in [-0.1, -0.05) is 51.0 Å². The highest BCUT2D eigenvalue weighted by molar-refractivity contribution is 5.68. The molecule has 26 heavy (non-hydrogen) atoms. The molecule has 2 aromatic rings. The molecular weight excluding hydrogens is 324 g/mol. The van der Waals surface area contributed by atoms with Crippen LogP contribution in [0.15, 0.2) is 36.4 Å². The van der Waals surface area contributed by atoms with E-state index >= 15 is 0 Å². The summed E-state index contributed by atoms with van der Waals surface area (Å²) >= 11 is 0. The summed E-state index contributed by atoms with van der Waals surface area (Å²) in [6.45, 7) is 8.29. The minimum atomic E-state index is -0.677. The quantitative estimate of drug-likeness (QED) is 0.397. The summed E-state index contributed by atoms with van der Waals surface area (Å²) in [7, 11) is 0. The van der Waals surface area contributed by atoms with Gasteiger partial charge in [-0.25, -0.2) is 4.79 Å². The second-order valence-corrected chi connectivity index (χ2v) is 6.75. The third kappa shape index (κ3) is 5.35. The lowest BCUT2D eigenvalue weighted by Crippen LogP contribution is -2.16. The molecule has 2 rings (SSSR count). The monoisotopic (exact) mass is 354 g/mol. The first-order valence-electron chi connectivity index (χ1n) is 9.63. The van der Waals surface area contributed by atoms with Gasteiger partial charge in [-0.3, -0.25) is 0 Å². The molecule has 3 heteroatoms.